The lowest BCUT2D eigenvalue weighted by atomic mass is 10.1. The molecule has 5 nitrogen and oxygen atoms in total. The number of halogens is 1. The molecule has 0 unspecified atom stereocenters. The van der Waals surface area contributed by atoms with Crippen molar-refractivity contribution >= 4 is 23.3 Å². The molecule has 1 amide bonds. The third-order valence-corrected chi connectivity index (χ3v) is 2.93. The van der Waals surface area contributed by atoms with Gasteiger partial charge in [0.2, 0.25) is 0 Å². The molecule has 1 aromatic carbocycles. The molecule has 1 heterocycles. The average Bonchev–Trinajstić information content (AvgIpc) is 2.60. The van der Waals surface area contributed by atoms with Gasteiger partial charge in [-0.2, -0.15) is 0 Å². The Balaban J connectivity index is 2.36. The van der Waals surface area contributed by atoms with Crippen LogP contribution in [0.4, 0.5) is 10.1 Å². The van der Waals surface area contributed by atoms with Gasteiger partial charge in [-0.1, -0.05) is 0 Å². The standard InChI is InChI=1S/C13H12FNO4/c1-7-5-8-11(9(14)6-7)15(13(18)12(8)17)4-3-10(16)19-2/h5-6H,3-4H2,1-2H3. The van der Waals surface area contributed by atoms with Crippen molar-refractivity contribution in [2.24, 2.45) is 0 Å². The number of hydrogen-bond donors (Lipinski definition) is 0. The van der Waals surface area contributed by atoms with E-state index in [-0.39, 0.29) is 24.2 Å². The van der Waals surface area contributed by atoms with E-state index in [0.29, 0.717) is 5.56 Å². The number of ether oxygens (including phenoxy) is 1. The number of methoxy groups -OCH3 is 1. The van der Waals surface area contributed by atoms with Gasteiger partial charge < -0.3 is 9.64 Å². The van der Waals surface area contributed by atoms with E-state index in [4.69, 9.17) is 0 Å². The lowest BCUT2D eigenvalue weighted by Crippen LogP contribution is -2.32. The molecule has 19 heavy (non-hydrogen) atoms. The van der Waals surface area contributed by atoms with Gasteiger partial charge in [-0.25, -0.2) is 4.39 Å². The Labute approximate surface area is 109 Å². The highest BCUT2D eigenvalue weighted by molar-refractivity contribution is 6.52. The van der Waals surface area contributed by atoms with Gasteiger partial charge in [0.15, 0.2) is 0 Å². The van der Waals surface area contributed by atoms with Crippen LogP contribution in [0.5, 0.6) is 0 Å². The van der Waals surface area contributed by atoms with Crippen molar-refractivity contribution in [1.82, 2.24) is 0 Å². The Kier molecular flexibility index (Phi) is 3.33. The first-order valence-electron chi connectivity index (χ1n) is 5.69. The molecule has 0 saturated carbocycles. The largest absolute Gasteiger partial charge is 0.469 e. The minimum absolute atomic E-state index is 0.0485. The number of fused-ring (bicyclic) bond motifs is 1. The van der Waals surface area contributed by atoms with Gasteiger partial charge in [0.1, 0.15) is 5.82 Å². The number of carbonyl (C=O) groups is 3. The molecule has 0 radical (unpaired) electrons. The number of carbonyl (C=O) groups excluding carboxylic acids is 3. The molecule has 0 saturated heterocycles. The highest BCUT2D eigenvalue weighted by atomic mass is 19.1. The van der Waals surface area contributed by atoms with Gasteiger partial charge in [0.25, 0.3) is 11.7 Å². The maximum atomic E-state index is 13.9. The Morgan fingerprint density at radius 2 is 2.05 bits per heavy atom. The molecule has 0 aromatic heterocycles. The van der Waals surface area contributed by atoms with Gasteiger partial charge in [-0.3, -0.25) is 14.4 Å². The van der Waals surface area contributed by atoms with Crippen molar-refractivity contribution < 1.29 is 23.5 Å². The molecule has 0 spiro atoms. The highest BCUT2D eigenvalue weighted by Crippen LogP contribution is 2.32. The molecule has 6 heteroatoms. The second-order valence-electron chi connectivity index (χ2n) is 4.25. The van der Waals surface area contributed by atoms with Crippen LogP contribution >= 0.6 is 0 Å². The van der Waals surface area contributed by atoms with E-state index < -0.39 is 23.5 Å². The average molecular weight is 265 g/mol. The van der Waals surface area contributed by atoms with E-state index in [1.807, 2.05) is 0 Å². The Morgan fingerprint density at radius 3 is 2.68 bits per heavy atom. The number of Topliss-reactive ketones (excluding diaryl/α,β-unsaturated/α-hetero) is 1. The van der Waals surface area contributed by atoms with Gasteiger partial charge in [-0.15, -0.1) is 0 Å². The molecule has 2 rings (SSSR count). The van der Waals surface area contributed by atoms with Crippen molar-refractivity contribution in [3.8, 4) is 0 Å². The number of aryl methyl sites for hydroxylation is 1. The summed E-state index contributed by atoms with van der Waals surface area (Å²) < 4.78 is 18.3. The van der Waals surface area contributed by atoms with Crippen LogP contribution in [0.15, 0.2) is 12.1 Å². The van der Waals surface area contributed by atoms with E-state index in [1.165, 1.54) is 19.2 Å². The lowest BCUT2D eigenvalue weighted by molar-refractivity contribution is -0.140. The van der Waals surface area contributed by atoms with Crippen LogP contribution in [0.1, 0.15) is 22.3 Å². The van der Waals surface area contributed by atoms with Crippen molar-refractivity contribution in [2.45, 2.75) is 13.3 Å². The predicted octanol–water partition coefficient (Wildman–Crippen LogP) is 1.23. The van der Waals surface area contributed by atoms with E-state index in [1.54, 1.807) is 6.92 Å². The van der Waals surface area contributed by atoms with Crippen LogP contribution in [0.2, 0.25) is 0 Å². The summed E-state index contributed by atoms with van der Waals surface area (Å²) in [5.41, 5.74) is 0.559. The summed E-state index contributed by atoms with van der Waals surface area (Å²) in [5.74, 6) is -2.73. The van der Waals surface area contributed by atoms with Crippen LogP contribution in [0, 0.1) is 12.7 Å². The predicted molar refractivity (Wildman–Crippen MR) is 64.5 cm³/mol. The van der Waals surface area contributed by atoms with Crippen LogP contribution in [-0.2, 0) is 14.3 Å². The van der Waals surface area contributed by atoms with E-state index >= 15 is 0 Å². The number of anilines is 1. The first kappa shape index (κ1) is 13.2. The number of benzene rings is 1. The quantitative estimate of drug-likeness (QED) is 0.609. The topological polar surface area (TPSA) is 63.7 Å². The van der Waals surface area contributed by atoms with Crippen LogP contribution < -0.4 is 4.90 Å². The number of amides is 1. The van der Waals surface area contributed by atoms with Crippen molar-refractivity contribution in [1.29, 1.82) is 0 Å². The normalized spacial score (nSPS) is 13.7. The summed E-state index contributed by atoms with van der Waals surface area (Å²) in [6.07, 6.45) is -0.0950. The number of ketones is 1. The molecule has 1 aliphatic rings. The zero-order chi connectivity index (χ0) is 14.2. The molecule has 0 fully saturated rings. The first-order chi connectivity index (χ1) is 8.95. The fourth-order valence-electron chi connectivity index (χ4n) is 2.04. The summed E-state index contributed by atoms with van der Waals surface area (Å²) in [7, 11) is 1.22. The Bertz CT molecular complexity index is 582. The van der Waals surface area contributed by atoms with Gasteiger partial charge in [-0.05, 0) is 24.6 Å². The molecule has 0 N–H and O–H groups in total. The number of nitrogens with zero attached hydrogens (tertiary/aromatic N) is 1. The molecule has 1 aromatic rings. The van der Waals surface area contributed by atoms with Gasteiger partial charge in [0, 0.05) is 6.54 Å². The molecule has 1 aliphatic heterocycles. The summed E-state index contributed by atoms with van der Waals surface area (Å²) >= 11 is 0. The van der Waals surface area contributed by atoms with Crippen molar-refractivity contribution in [3.05, 3.63) is 29.1 Å². The van der Waals surface area contributed by atoms with Crippen LogP contribution in [0.25, 0.3) is 0 Å². The molecule has 0 aliphatic carbocycles. The minimum atomic E-state index is -0.816. The smallest absolute Gasteiger partial charge is 0.307 e. The van der Waals surface area contributed by atoms with E-state index in [2.05, 4.69) is 4.74 Å². The van der Waals surface area contributed by atoms with Crippen LogP contribution in [-0.4, -0.2) is 31.3 Å². The third-order valence-electron chi connectivity index (χ3n) is 2.93. The molecular weight excluding hydrogens is 253 g/mol. The van der Waals surface area contributed by atoms with Crippen molar-refractivity contribution in [3.63, 3.8) is 0 Å². The number of esters is 1. The fraction of sp³-hybridized carbons (Fsp3) is 0.308. The summed E-state index contributed by atoms with van der Waals surface area (Å²) in [6.45, 7) is 1.56. The van der Waals surface area contributed by atoms with Crippen molar-refractivity contribution in [2.75, 3.05) is 18.6 Å². The molecule has 100 valence electrons. The summed E-state index contributed by atoms with van der Waals surface area (Å²) in [6, 6.07) is 2.71. The second-order valence-corrected chi connectivity index (χ2v) is 4.25. The Hall–Kier alpha value is -2.24. The van der Waals surface area contributed by atoms with E-state index in [9.17, 15) is 18.8 Å². The molecule has 0 atom stereocenters. The van der Waals surface area contributed by atoms with Gasteiger partial charge >= 0.3 is 5.97 Å². The van der Waals surface area contributed by atoms with E-state index in [0.717, 1.165) is 4.90 Å². The minimum Gasteiger partial charge on any atom is -0.469 e. The molecule has 0 bridgehead atoms. The lowest BCUT2D eigenvalue weighted by Gasteiger charge is -2.16. The maximum absolute atomic E-state index is 13.9. The highest BCUT2D eigenvalue weighted by Gasteiger charge is 2.38. The SMILES string of the molecule is COC(=O)CCN1C(=O)C(=O)c2cc(C)cc(F)c21. The summed E-state index contributed by atoms with van der Waals surface area (Å²) in [4.78, 5) is 35.6. The zero-order valence-corrected chi connectivity index (χ0v) is 10.5. The zero-order valence-electron chi connectivity index (χ0n) is 10.5. The number of hydrogen-bond acceptors (Lipinski definition) is 4. The maximum Gasteiger partial charge on any atom is 0.307 e. The fourth-order valence-corrected chi connectivity index (χ4v) is 2.04. The third kappa shape index (κ3) is 2.21. The first-order valence-corrected chi connectivity index (χ1v) is 5.69. The Morgan fingerprint density at radius 1 is 1.37 bits per heavy atom. The van der Waals surface area contributed by atoms with Crippen LogP contribution in [0.3, 0.4) is 0 Å². The van der Waals surface area contributed by atoms with Gasteiger partial charge in [0.05, 0.1) is 24.8 Å². The monoisotopic (exact) mass is 265 g/mol. The molecular formula is C13H12FNO4. The second kappa shape index (κ2) is 4.79. The number of rotatable bonds is 3. The summed E-state index contributed by atoms with van der Waals surface area (Å²) in [5, 5.41) is 0.